The van der Waals surface area contributed by atoms with Crippen molar-refractivity contribution in [1.82, 2.24) is 0 Å². The van der Waals surface area contributed by atoms with Gasteiger partial charge in [-0.2, -0.15) is 0 Å². The molecule has 0 spiro atoms. The number of thiophene rings is 1. The molecule has 2 aromatic heterocycles. The van der Waals surface area contributed by atoms with Crippen LogP contribution in [0.3, 0.4) is 0 Å². The van der Waals surface area contributed by atoms with E-state index < -0.39 is 6.10 Å². The lowest BCUT2D eigenvalue weighted by atomic mass is 10.1. The van der Waals surface area contributed by atoms with Crippen molar-refractivity contribution in [3.05, 3.63) is 43.9 Å². The van der Waals surface area contributed by atoms with Crippen LogP contribution in [0.2, 0.25) is 0 Å². The van der Waals surface area contributed by atoms with Gasteiger partial charge in [-0.3, -0.25) is 0 Å². The maximum Gasteiger partial charge on any atom is 0.106 e. The average molecular weight is 301 g/mol. The van der Waals surface area contributed by atoms with Gasteiger partial charge in [0.05, 0.1) is 9.89 Å². The van der Waals surface area contributed by atoms with Crippen molar-refractivity contribution >= 4 is 27.3 Å². The molecule has 0 saturated carbocycles. The Bertz CT molecular complexity index is 487. The Balaban J connectivity index is 2.14. The highest BCUT2D eigenvalue weighted by Crippen LogP contribution is 2.29. The van der Waals surface area contributed by atoms with E-state index in [-0.39, 0.29) is 0 Å². The zero-order valence-corrected chi connectivity index (χ0v) is 11.6. The van der Waals surface area contributed by atoms with E-state index in [0.29, 0.717) is 6.42 Å². The Labute approximate surface area is 107 Å². The maximum atomic E-state index is 10.1. The van der Waals surface area contributed by atoms with Crippen LogP contribution in [-0.4, -0.2) is 5.11 Å². The summed E-state index contributed by atoms with van der Waals surface area (Å²) in [6, 6.07) is 5.93. The van der Waals surface area contributed by atoms with Gasteiger partial charge in [-0.1, -0.05) is 0 Å². The van der Waals surface area contributed by atoms with Crippen LogP contribution >= 0.6 is 27.3 Å². The minimum Gasteiger partial charge on any atom is -0.466 e. The first-order valence-electron chi connectivity index (χ1n) is 5.05. The standard InChI is InChI=1S/C12H13BrO2S/c1-7-5-10(8(2)15-7)11(14)6-9-3-4-12(13)16-9/h3-5,11,14H,6H2,1-2H3. The fourth-order valence-corrected chi connectivity index (χ4v) is 3.26. The van der Waals surface area contributed by atoms with Crippen molar-refractivity contribution in [3.8, 4) is 0 Å². The molecule has 86 valence electrons. The molecule has 0 aromatic carbocycles. The lowest BCUT2D eigenvalue weighted by molar-refractivity contribution is 0.177. The summed E-state index contributed by atoms with van der Waals surface area (Å²) in [7, 11) is 0. The van der Waals surface area contributed by atoms with Crippen LogP contribution < -0.4 is 0 Å². The van der Waals surface area contributed by atoms with Gasteiger partial charge in [0.25, 0.3) is 0 Å². The third-order valence-corrected chi connectivity index (χ3v) is 4.11. The van der Waals surface area contributed by atoms with Crippen molar-refractivity contribution in [3.63, 3.8) is 0 Å². The molecule has 1 N–H and O–H groups in total. The molecule has 0 aliphatic carbocycles. The second-order valence-electron chi connectivity index (χ2n) is 3.79. The number of furan rings is 1. The predicted molar refractivity (Wildman–Crippen MR) is 68.9 cm³/mol. The van der Waals surface area contributed by atoms with Crippen LogP contribution in [0.25, 0.3) is 0 Å². The number of aryl methyl sites for hydroxylation is 2. The minimum atomic E-state index is -0.483. The van der Waals surface area contributed by atoms with Crippen molar-refractivity contribution < 1.29 is 9.52 Å². The summed E-state index contributed by atoms with van der Waals surface area (Å²) in [6.45, 7) is 3.78. The second kappa shape index (κ2) is 4.73. The zero-order valence-electron chi connectivity index (χ0n) is 9.16. The highest BCUT2D eigenvalue weighted by atomic mass is 79.9. The molecule has 0 bridgehead atoms. The van der Waals surface area contributed by atoms with Crippen LogP contribution in [0.1, 0.15) is 28.1 Å². The third-order valence-electron chi connectivity index (χ3n) is 2.46. The summed E-state index contributed by atoms with van der Waals surface area (Å²) in [6.07, 6.45) is 0.152. The van der Waals surface area contributed by atoms with Gasteiger partial charge in [-0.05, 0) is 48.0 Å². The molecule has 0 amide bonds. The first-order chi connectivity index (χ1) is 7.56. The molecule has 0 aliphatic heterocycles. The monoisotopic (exact) mass is 300 g/mol. The van der Waals surface area contributed by atoms with Gasteiger partial charge < -0.3 is 9.52 Å². The highest BCUT2D eigenvalue weighted by Gasteiger charge is 2.15. The Morgan fingerprint density at radius 1 is 1.44 bits per heavy atom. The highest BCUT2D eigenvalue weighted by molar-refractivity contribution is 9.11. The van der Waals surface area contributed by atoms with E-state index in [2.05, 4.69) is 15.9 Å². The Kier molecular flexibility index (Phi) is 3.52. The minimum absolute atomic E-state index is 0.483. The number of rotatable bonds is 3. The Hall–Kier alpha value is -0.580. The van der Waals surface area contributed by atoms with Crippen LogP contribution in [0, 0.1) is 13.8 Å². The van der Waals surface area contributed by atoms with Gasteiger partial charge in [-0.15, -0.1) is 11.3 Å². The molecule has 16 heavy (non-hydrogen) atoms. The van der Waals surface area contributed by atoms with E-state index >= 15 is 0 Å². The topological polar surface area (TPSA) is 33.4 Å². The van der Waals surface area contributed by atoms with E-state index in [4.69, 9.17) is 4.42 Å². The van der Waals surface area contributed by atoms with Crippen LogP contribution in [-0.2, 0) is 6.42 Å². The molecule has 2 rings (SSSR count). The number of hydrogen-bond acceptors (Lipinski definition) is 3. The normalized spacial score (nSPS) is 13.0. The van der Waals surface area contributed by atoms with Crippen molar-refractivity contribution in [1.29, 1.82) is 0 Å². The van der Waals surface area contributed by atoms with E-state index in [1.807, 2.05) is 32.0 Å². The smallest absolute Gasteiger partial charge is 0.106 e. The average Bonchev–Trinajstić information content (AvgIpc) is 2.73. The summed E-state index contributed by atoms with van der Waals surface area (Å²) >= 11 is 5.06. The molecule has 0 aliphatic rings. The van der Waals surface area contributed by atoms with Gasteiger partial charge in [0.15, 0.2) is 0 Å². The van der Waals surface area contributed by atoms with E-state index in [1.54, 1.807) is 11.3 Å². The van der Waals surface area contributed by atoms with Gasteiger partial charge in [0, 0.05) is 16.9 Å². The van der Waals surface area contributed by atoms with Crippen molar-refractivity contribution in [2.24, 2.45) is 0 Å². The number of aliphatic hydroxyl groups excluding tert-OH is 1. The molecule has 2 aromatic rings. The number of halogens is 1. The van der Waals surface area contributed by atoms with Gasteiger partial charge >= 0.3 is 0 Å². The Morgan fingerprint density at radius 3 is 2.69 bits per heavy atom. The molecular weight excluding hydrogens is 288 g/mol. The quantitative estimate of drug-likeness (QED) is 0.929. The van der Waals surface area contributed by atoms with Gasteiger partial charge in [0.2, 0.25) is 0 Å². The molecular formula is C12H13BrO2S. The van der Waals surface area contributed by atoms with E-state index in [1.165, 1.54) is 0 Å². The molecule has 2 heterocycles. The lowest BCUT2D eigenvalue weighted by Gasteiger charge is -2.07. The summed E-state index contributed by atoms with van der Waals surface area (Å²) < 4.78 is 6.51. The molecule has 4 heteroatoms. The van der Waals surface area contributed by atoms with Crippen molar-refractivity contribution in [2.45, 2.75) is 26.4 Å². The molecule has 1 unspecified atom stereocenters. The van der Waals surface area contributed by atoms with Crippen LogP contribution in [0.4, 0.5) is 0 Å². The summed E-state index contributed by atoms with van der Waals surface area (Å²) in [5, 5.41) is 10.1. The van der Waals surface area contributed by atoms with Crippen LogP contribution in [0.5, 0.6) is 0 Å². The number of hydrogen-bond donors (Lipinski definition) is 1. The largest absolute Gasteiger partial charge is 0.466 e. The molecule has 0 radical (unpaired) electrons. The number of aliphatic hydroxyl groups is 1. The first kappa shape index (κ1) is 11.9. The van der Waals surface area contributed by atoms with Crippen molar-refractivity contribution in [2.75, 3.05) is 0 Å². The second-order valence-corrected chi connectivity index (χ2v) is 6.34. The van der Waals surface area contributed by atoms with Gasteiger partial charge in [0.1, 0.15) is 11.5 Å². The summed E-state index contributed by atoms with van der Waals surface area (Å²) in [4.78, 5) is 1.16. The SMILES string of the molecule is Cc1cc(C(O)Cc2ccc(Br)s2)c(C)o1. The summed E-state index contributed by atoms with van der Waals surface area (Å²) in [5.41, 5.74) is 0.891. The molecule has 2 nitrogen and oxygen atoms in total. The van der Waals surface area contributed by atoms with Crippen LogP contribution in [0.15, 0.2) is 26.4 Å². The molecule has 0 saturated heterocycles. The van der Waals surface area contributed by atoms with Gasteiger partial charge in [-0.25, -0.2) is 0 Å². The fourth-order valence-electron chi connectivity index (χ4n) is 1.74. The third kappa shape index (κ3) is 2.56. The maximum absolute atomic E-state index is 10.1. The Morgan fingerprint density at radius 2 is 2.19 bits per heavy atom. The van der Waals surface area contributed by atoms with E-state index in [0.717, 1.165) is 25.7 Å². The predicted octanol–water partition coefficient (Wildman–Crippen LogP) is 4.00. The van der Waals surface area contributed by atoms with E-state index in [9.17, 15) is 5.11 Å². The zero-order chi connectivity index (χ0) is 11.7. The summed E-state index contributed by atoms with van der Waals surface area (Å²) in [5.74, 6) is 1.65. The molecule has 1 atom stereocenters. The first-order valence-corrected chi connectivity index (χ1v) is 6.66. The molecule has 0 fully saturated rings. The fraction of sp³-hybridized carbons (Fsp3) is 0.333. The lowest BCUT2D eigenvalue weighted by Crippen LogP contribution is -2.00.